The van der Waals surface area contributed by atoms with Gasteiger partial charge in [-0.1, -0.05) is 0 Å². The zero-order chi connectivity index (χ0) is 30.4. The molecule has 2 N–H and O–H groups in total. The Morgan fingerprint density at radius 1 is 1.09 bits per heavy atom. The molecular weight excluding hydrogens is 568 g/mol. The number of thiazole rings is 1. The van der Waals surface area contributed by atoms with Crippen molar-refractivity contribution in [2.24, 2.45) is 10.9 Å². The largest absolute Gasteiger partial charge is 0.489 e. The molecule has 232 valence electrons. The molecule has 1 aromatic carbocycles. The standard InChI is InChI=1S/C31H42N6O5S/c1-31(2,3)42-30(40-4)37-16-10-22(11-17-37)41-26-19-21(36-14-5-6-15-36)7-8-24(26)28(39)34-25-20-32-12-9-23(25)27(38)35-29-33-13-18-43-29/h7-8,12-13,18-20,22-23,30H,5-6,9-11,14-17H2,1-4H3,(H,34,39)(H,33,35,38). The number of anilines is 2. The second-order valence-electron chi connectivity index (χ2n) is 12.0. The third kappa shape index (κ3) is 8.20. The Morgan fingerprint density at radius 2 is 1.86 bits per heavy atom. The molecule has 3 aliphatic heterocycles. The molecule has 0 saturated carbocycles. The van der Waals surface area contributed by atoms with Crippen molar-refractivity contribution in [2.45, 2.75) is 71.0 Å². The van der Waals surface area contributed by atoms with E-state index in [9.17, 15) is 9.59 Å². The number of ether oxygens (including phenoxy) is 3. The highest BCUT2D eigenvalue weighted by Gasteiger charge is 2.31. The van der Waals surface area contributed by atoms with Gasteiger partial charge in [-0.2, -0.15) is 0 Å². The molecule has 2 fully saturated rings. The van der Waals surface area contributed by atoms with E-state index in [0.29, 0.717) is 28.6 Å². The molecule has 2 saturated heterocycles. The number of likely N-dealkylation sites (tertiary alicyclic amines) is 1. The molecule has 0 bridgehead atoms. The van der Waals surface area contributed by atoms with Gasteiger partial charge in [0.05, 0.1) is 17.1 Å². The molecule has 11 nitrogen and oxygen atoms in total. The Balaban J connectivity index is 1.30. The monoisotopic (exact) mass is 610 g/mol. The molecule has 12 heteroatoms. The van der Waals surface area contributed by atoms with Crippen LogP contribution >= 0.6 is 11.3 Å². The van der Waals surface area contributed by atoms with Crippen LogP contribution in [0.15, 0.2) is 46.7 Å². The van der Waals surface area contributed by atoms with E-state index < -0.39 is 12.3 Å². The fraction of sp³-hybridized carbons (Fsp3) is 0.548. The summed E-state index contributed by atoms with van der Waals surface area (Å²) in [5, 5.41) is 8.10. The van der Waals surface area contributed by atoms with E-state index in [1.54, 1.807) is 24.9 Å². The summed E-state index contributed by atoms with van der Waals surface area (Å²) in [6.45, 7) is 9.49. The number of carbonyl (C=O) groups excluding carboxylic acids is 2. The number of nitrogens with one attached hydrogen (secondary N) is 2. The van der Waals surface area contributed by atoms with Crippen molar-refractivity contribution in [3.8, 4) is 5.75 Å². The first-order valence-corrected chi connectivity index (χ1v) is 15.8. The highest BCUT2D eigenvalue weighted by Crippen LogP contribution is 2.32. The summed E-state index contributed by atoms with van der Waals surface area (Å²) in [6.07, 6.45) is 8.55. The summed E-state index contributed by atoms with van der Waals surface area (Å²) in [4.78, 5) is 39.6. The van der Waals surface area contributed by atoms with Crippen molar-refractivity contribution in [3.63, 3.8) is 0 Å². The Bertz CT molecular complexity index is 1310. The van der Waals surface area contributed by atoms with Crippen LogP contribution in [-0.4, -0.2) is 79.3 Å². The molecule has 3 aliphatic rings. The van der Waals surface area contributed by atoms with Gasteiger partial charge in [0, 0.05) is 74.7 Å². The second kappa shape index (κ2) is 14.0. The topological polar surface area (TPSA) is 118 Å². The average molecular weight is 611 g/mol. The van der Waals surface area contributed by atoms with E-state index in [0.717, 1.165) is 57.5 Å². The smallest absolute Gasteiger partial charge is 0.259 e. The Morgan fingerprint density at radius 3 is 2.53 bits per heavy atom. The number of carbonyl (C=O) groups is 2. The molecule has 2 aromatic rings. The highest BCUT2D eigenvalue weighted by atomic mass is 32.1. The lowest BCUT2D eigenvalue weighted by atomic mass is 9.99. The third-order valence-electron chi connectivity index (χ3n) is 7.68. The summed E-state index contributed by atoms with van der Waals surface area (Å²) < 4.78 is 18.3. The zero-order valence-corrected chi connectivity index (χ0v) is 26.2. The van der Waals surface area contributed by atoms with Crippen LogP contribution in [-0.2, 0) is 14.3 Å². The van der Waals surface area contributed by atoms with E-state index in [4.69, 9.17) is 14.2 Å². The maximum atomic E-state index is 13.7. The molecule has 0 spiro atoms. The highest BCUT2D eigenvalue weighted by molar-refractivity contribution is 7.13. The summed E-state index contributed by atoms with van der Waals surface area (Å²) >= 11 is 1.34. The number of hydrogen-bond donors (Lipinski definition) is 2. The minimum absolute atomic E-state index is 0.0703. The quantitative estimate of drug-likeness (QED) is 0.374. The molecule has 1 aromatic heterocycles. The molecule has 4 heterocycles. The predicted octanol–water partition coefficient (Wildman–Crippen LogP) is 4.63. The van der Waals surface area contributed by atoms with Crippen LogP contribution in [0.25, 0.3) is 0 Å². The van der Waals surface area contributed by atoms with Crippen molar-refractivity contribution in [1.29, 1.82) is 0 Å². The Labute approximate surface area is 257 Å². The van der Waals surface area contributed by atoms with Gasteiger partial charge < -0.3 is 29.7 Å². The Hall–Kier alpha value is -3.32. The number of nitrogens with zero attached hydrogens (tertiary/aromatic N) is 4. The molecule has 43 heavy (non-hydrogen) atoms. The van der Waals surface area contributed by atoms with Crippen LogP contribution in [0.5, 0.6) is 5.75 Å². The van der Waals surface area contributed by atoms with Gasteiger partial charge in [-0.25, -0.2) is 4.98 Å². The van der Waals surface area contributed by atoms with Crippen LogP contribution < -0.4 is 20.3 Å². The lowest BCUT2D eigenvalue weighted by molar-refractivity contribution is -0.257. The lowest BCUT2D eigenvalue weighted by Crippen LogP contribution is -2.48. The van der Waals surface area contributed by atoms with Crippen molar-refractivity contribution in [2.75, 3.05) is 43.5 Å². The predicted molar refractivity (Wildman–Crippen MR) is 168 cm³/mol. The second-order valence-corrected chi connectivity index (χ2v) is 12.9. The molecule has 2 amide bonds. The Kier molecular flexibility index (Phi) is 10.1. The third-order valence-corrected chi connectivity index (χ3v) is 8.37. The van der Waals surface area contributed by atoms with Gasteiger partial charge >= 0.3 is 0 Å². The van der Waals surface area contributed by atoms with E-state index in [-0.39, 0.29) is 23.5 Å². The van der Waals surface area contributed by atoms with Gasteiger partial charge in [0.25, 0.3) is 5.91 Å². The molecule has 0 aliphatic carbocycles. The maximum absolute atomic E-state index is 13.7. The number of methoxy groups -OCH3 is 1. The van der Waals surface area contributed by atoms with Crippen LogP contribution in [0.4, 0.5) is 10.8 Å². The lowest BCUT2D eigenvalue weighted by Gasteiger charge is -2.39. The van der Waals surface area contributed by atoms with E-state index >= 15 is 0 Å². The van der Waals surface area contributed by atoms with Crippen LogP contribution in [0.2, 0.25) is 0 Å². The van der Waals surface area contributed by atoms with Crippen molar-refractivity contribution in [3.05, 3.63) is 47.2 Å². The summed E-state index contributed by atoms with van der Waals surface area (Å²) in [7, 11) is 1.66. The molecule has 5 rings (SSSR count). The van der Waals surface area contributed by atoms with Gasteiger partial charge in [-0.15, -0.1) is 11.3 Å². The maximum Gasteiger partial charge on any atom is 0.259 e. The van der Waals surface area contributed by atoms with Gasteiger partial charge in [0.1, 0.15) is 11.9 Å². The normalized spacial score (nSPS) is 20.5. The first-order valence-electron chi connectivity index (χ1n) is 14.9. The van der Waals surface area contributed by atoms with E-state index in [2.05, 4.69) is 30.4 Å². The van der Waals surface area contributed by atoms with Gasteiger partial charge in [-0.05, 0) is 65.0 Å². The number of aromatic nitrogens is 1. The minimum Gasteiger partial charge on any atom is -0.489 e. The number of aliphatic imine (C=N–C) groups is 1. The SMILES string of the molecule is COC(OC(C)(C)C)N1CCC(Oc2cc(N3CCCC3)ccc2C(=O)NC2=CN=CCC2C(=O)Nc2nccs2)CC1. The fourth-order valence-corrected chi connectivity index (χ4v) is 6.02. The van der Waals surface area contributed by atoms with Gasteiger partial charge in [0.2, 0.25) is 12.3 Å². The first kappa shape index (κ1) is 31.1. The minimum atomic E-state index is -0.591. The number of benzene rings is 1. The summed E-state index contributed by atoms with van der Waals surface area (Å²) in [5.74, 6) is -0.635. The number of rotatable bonds is 10. The fourth-order valence-electron chi connectivity index (χ4n) is 5.49. The van der Waals surface area contributed by atoms with Gasteiger partial charge in [0.15, 0.2) is 5.13 Å². The number of amides is 2. The van der Waals surface area contributed by atoms with Crippen LogP contribution in [0.1, 0.15) is 63.2 Å². The van der Waals surface area contributed by atoms with Crippen LogP contribution in [0.3, 0.4) is 0 Å². The molecule has 2 atom stereocenters. The summed E-state index contributed by atoms with van der Waals surface area (Å²) in [6, 6.07) is 5.78. The number of hydrogen-bond acceptors (Lipinski definition) is 10. The average Bonchev–Trinajstić information content (AvgIpc) is 3.71. The van der Waals surface area contributed by atoms with Crippen molar-refractivity contribution < 1.29 is 23.8 Å². The molecule has 2 unspecified atom stereocenters. The number of piperidine rings is 1. The molecular formula is C31H42N6O5S. The van der Waals surface area contributed by atoms with Crippen molar-refractivity contribution in [1.82, 2.24) is 15.2 Å². The molecule has 0 radical (unpaired) electrons. The summed E-state index contributed by atoms with van der Waals surface area (Å²) in [5.41, 5.74) is 1.58. The van der Waals surface area contributed by atoms with Crippen LogP contribution in [0, 0.1) is 5.92 Å². The zero-order valence-electron chi connectivity index (χ0n) is 25.4. The van der Waals surface area contributed by atoms with Crippen molar-refractivity contribution >= 4 is 40.2 Å². The first-order chi connectivity index (χ1) is 20.7. The van der Waals surface area contributed by atoms with E-state index in [1.165, 1.54) is 17.5 Å². The van der Waals surface area contributed by atoms with E-state index in [1.807, 2.05) is 39.0 Å². The van der Waals surface area contributed by atoms with Gasteiger partial charge in [-0.3, -0.25) is 19.5 Å².